The third-order valence-corrected chi connectivity index (χ3v) is 4.71. The summed E-state index contributed by atoms with van der Waals surface area (Å²) in [6.07, 6.45) is 3.79. The van der Waals surface area contributed by atoms with Crippen molar-refractivity contribution >= 4 is 0 Å². The second-order valence-electron chi connectivity index (χ2n) is 6.72. The Morgan fingerprint density at radius 2 is 1.85 bits per heavy atom. The predicted molar refractivity (Wildman–Crippen MR) is 103 cm³/mol. The van der Waals surface area contributed by atoms with Gasteiger partial charge in [-0.1, -0.05) is 36.4 Å². The molecule has 27 heavy (non-hydrogen) atoms. The fourth-order valence-corrected chi connectivity index (χ4v) is 3.35. The second-order valence-corrected chi connectivity index (χ2v) is 6.72. The topological polar surface area (TPSA) is 65.9 Å². The molecular weight excluding hydrogens is 343 g/mol. The van der Waals surface area contributed by atoms with Crippen molar-refractivity contribution in [1.82, 2.24) is 31.5 Å². The lowest BCUT2D eigenvalue weighted by atomic mass is 10.0. The zero-order valence-corrected chi connectivity index (χ0v) is 15.2. The van der Waals surface area contributed by atoms with Crippen molar-refractivity contribution in [2.24, 2.45) is 0 Å². The number of imidazole rings is 1. The van der Waals surface area contributed by atoms with E-state index >= 15 is 0 Å². The number of benzene rings is 2. The largest absolute Gasteiger partial charge is 0.330 e. The predicted octanol–water partition coefficient (Wildman–Crippen LogP) is 2.89. The van der Waals surface area contributed by atoms with E-state index in [-0.39, 0.29) is 12.0 Å². The molecule has 7 heteroatoms. The van der Waals surface area contributed by atoms with Crippen molar-refractivity contribution in [3.05, 3.63) is 66.2 Å². The molecule has 4 N–H and O–H groups in total. The van der Waals surface area contributed by atoms with Crippen LogP contribution in [-0.2, 0) is 6.54 Å². The Bertz CT molecular complexity index is 902. The Kier molecular flexibility index (Phi) is 5.26. The SMILES string of the molecule is Cc1ccc(-c2c(-c3ccccc3)ncn2CCCC2NNNN2)c(F)c1. The molecule has 3 aromatic rings. The van der Waals surface area contributed by atoms with Crippen molar-refractivity contribution in [2.75, 3.05) is 0 Å². The lowest BCUT2D eigenvalue weighted by molar-refractivity contribution is 0.453. The Morgan fingerprint density at radius 3 is 2.59 bits per heavy atom. The minimum Gasteiger partial charge on any atom is -0.330 e. The highest BCUT2D eigenvalue weighted by molar-refractivity contribution is 5.79. The summed E-state index contributed by atoms with van der Waals surface area (Å²) in [6.45, 7) is 2.65. The first-order valence-corrected chi connectivity index (χ1v) is 9.10. The molecule has 1 aromatic heterocycles. The molecule has 0 bridgehead atoms. The van der Waals surface area contributed by atoms with Crippen LogP contribution in [0.2, 0.25) is 0 Å². The van der Waals surface area contributed by atoms with Crippen LogP contribution in [0.5, 0.6) is 0 Å². The number of nitrogens with zero attached hydrogens (tertiary/aromatic N) is 2. The first-order valence-electron chi connectivity index (χ1n) is 9.10. The highest BCUT2D eigenvalue weighted by Crippen LogP contribution is 2.33. The van der Waals surface area contributed by atoms with E-state index in [0.717, 1.165) is 41.9 Å². The molecule has 140 valence electrons. The van der Waals surface area contributed by atoms with Crippen molar-refractivity contribution in [2.45, 2.75) is 32.5 Å². The quantitative estimate of drug-likeness (QED) is 0.540. The van der Waals surface area contributed by atoms with E-state index in [1.807, 2.05) is 60.3 Å². The maximum Gasteiger partial charge on any atom is 0.132 e. The number of hydrogen-bond donors (Lipinski definition) is 4. The van der Waals surface area contributed by atoms with Gasteiger partial charge in [-0.15, -0.1) is 0 Å². The van der Waals surface area contributed by atoms with Gasteiger partial charge in [-0.05, 0) is 37.5 Å². The van der Waals surface area contributed by atoms with Gasteiger partial charge in [-0.2, -0.15) is 11.1 Å². The maximum absolute atomic E-state index is 14.8. The zero-order valence-electron chi connectivity index (χ0n) is 15.2. The van der Waals surface area contributed by atoms with Gasteiger partial charge in [0.25, 0.3) is 0 Å². The van der Waals surface area contributed by atoms with E-state index in [0.29, 0.717) is 5.56 Å². The van der Waals surface area contributed by atoms with Crippen LogP contribution in [0.1, 0.15) is 18.4 Å². The monoisotopic (exact) mass is 366 g/mol. The van der Waals surface area contributed by atoms with E-state index in [4.69, 9.17) is 0 Å². The fourth-order valence-electron chi connectivity index (χ4n) is 3.35. The van der Waals surface area contributed by atoms with Gasteiger partial charge in [0.2, 0.25) is 0 Å². The van der Waals surface area contributed by atoms with E-state index in [1.54, 1.807) is 6.07 Å². The first kappa shape index (κ1) is 17.8. The number of nitrogens with one attached hydrogen (secondary N) is 4. The minimum atomic E-state index is -0.221. The number of hydrazine groups is 3. The zero-order chi connectivity index (χ0) is 18.6. The van der Waals surface area contributed by atoms with Crippen LogP contribution in [0.3, 0.4) is 0 Å². The minimum absolute atomic E-state index is 0.154. The second kappa shape index (κ2) is 7.98. The van der Waals surface area contributed by atoms with E-state index in [2.05, 4.69) is 26.9 Å². The molecule has 0 unspecified atom stereocenters. The summed E-state index contributed by atoms with van der Waals surface area (Å²) in [7, 11) is 0. The first-order chi connectivity index (χ1) is 13.2. The van der Waals surface area contributed by atoms with Crippen LogP contribution in [-0.4, -0.2) is 15.7 Å². The Labute approximate surface area is 157 Å². The highest BCUT2D eigenvalue weighted by atomic mass is 19.1. The summed E-state index contributed by atoms with van der Waals surface area (Å²) >= 11 is 0. The molecule has 0 saturated carbocycles. The third kappa shape index (κ3) is 3.91. The molecule has 0 aliphatic carbocycles. The van der Waals surface area contributed by atoms with Gasteiger partial charge in [0, 0.05) is 17.7 Å². The van der Waals surface area contributed by atoms with Crippen LogP contribution < -0.4 is 21.9 Å². The summed E-state index contributed by atoms with van der Waals surface area (Å²) in [6, 6.07) is 15.3. The normalized spacial score (nSPS) is 14.7. The Balaban J connectivity index is 1.67. The van der Waals surface area contributed by atoms with Crippen molar-refractivity contribution in [1.29, 1.82) is 0 Å². The van der Waals surface area contributed by atoms with Crippen LogP contribution in [0.25, 0.3) is 22.5 Å². The molecule has 1 saturated heterocycles. The van der Waals surface area contributed by atoms with Gasteiger partial charge in [0.15, 0.2) is 0 Å². The Hall–Kier alpha value is -2.58. The number of aryl methyl sites for hydroxylation is 2. The molecule has 0 amide bonds. The number of rotatable bonds is 6. The molecule has 0 radical (unpaired) electrons. The molecule has 0 spiro atoms. The molecule has 1 aliphatic heterocycles. The molecule has 4 rings (SSSR count). The van der Waals surface area contributed by atoms with Crippen LogP contribution in [0.15, 0.2) is 54.9 Å². The number of halogens is 1. The number of hydrogen-bond acceptors (Lipinski definition) is 5. The highest BCUT2D eigenvalue weighted by Gasteiger charge is 2.19. The lowest BCUT2D eigenvalue weighted by Crippen LogP contribution is -2.33. The summed E-state index contributed by atoms with van der Waals surface area (Å²) in [5.74, 6) is -0.221. The Morgan fingerprint density at radius 1 is 1.07 bits per heavy atom. The molecular formula is C20H23FN6. The molecule has 1 aliphatic rings. The summed E-state index contributed by atoms with van der Waals surface area (Å²) in [4.78, 5) is 4.62. The lowest BCUT2D eigenvalue weighted by Gasteiger charge is -2.13. The van der Waals surface area contributed by atoms with Crippen molar-refractivity contribution in [3.63, 3.8) is 0 Å². The smallest absolute Gasteiger partial charge is 0.132 e. The molecule has 2 aromatic carbocycles. The summed E-state index contributed by atoms with van der Waals surface area (Å²) in [5.41, 5.74) is 15.9. The van der Waals surface area contributed by atoms with Gasteiger partial charge in [0.05, 0.1) is 23.9 Å². The van der Waals surface area contributed by atoms with E-state index < -0.39 is 0 Å². The maximum atomic E-state index is 14.8. The van der Waals surface area contributed by atoms with Gasteiger partial charge >= 0.3 is 0 Å². The molecule has 6 nitrogen and oxygen atoms in total. The fraction of sp³-hybridized carbons (Fsp3) is 0.250. The standard InChI is InChI=1S/C20H23FN6/c1-14-9-10-16(17(21)12-14)20-19(15-6-3-2-4-7-15)22-13-27(20)11-5-8-18-23-25-26-24-18/h2-4,6-7,9-10,12-13,18,23-26H,5,8,11H2,1H3. The van der Waals surface area contributed by atoms with E-state index in [1.165, 1.54) is 0 Å². The van der Waals surface area contributed by atoms with Gasteiger partial charge in [0.1, 0.15) is 5.82 Å². The third-order valence-electron chi connectivity index (χ3n) is 4.71. The van der Waals surface area contributed by atoms with Gasteiger partial charge < -0.3 is 4.57 Å². The molecule has 0 atom stereocenters. The average Bonchev–Trinajstić information content (AvgIpc) is 3.33. The molecule has 2 heterocycles. The van der Waals surface area contributed by atoms with Crippen LogP contribution in [0, 0.1) is 12.7 Å². The van der Waals surface area contributed by atoms with Crippen molar-refractivity contribution in [3.8, 4) is 22.5 Å². The van der Waals surface area contributed by atoms with Gasteiger partial charge in [-0.25, -0.2) is 20.2 Å². The number of aromatic nitrogens is 2. The molecule has 1 fully saturated rings. The van der Waals surface area contributed by atoms with E-state index in [9.17, 15) is 4.39 Å². The van der Waals surface area contributed by atoms with Crippen molar-refractivity contribution < 1.29 is 4.39 Å². The van der Waals surface area contributed by atoms with Gasteiger partial charge in [-0.3, -0.25) is 0 Å². The van der Waals surface area contributed by atoms with Crippen LogP contribution in [0.4, 0.5) is 4.39 Å². The summed E-state index contributed by atoms with van der Waals surface area (Å²) < 4.78 is 16.8. The van der Waals surface area contributed by atoms with Crippen LogP contribution >= 0.6 is 0 Å². The average molecular weight is 366 g/mol. The summed E-state index contributed by atoms with van der Waals surface area (Å²) in [5, 5.41) is 0.